The molecule has 1 amide bonds. The number of ether oxygens (including phenoxy) is 2. The second-order valence-corrected chi connectivity index (χ2v) is 7.22. The van der Waals surface area contributed by atoms with Gasteiger partial charge in [-0.3, -0.25) is 4.79 Å². The lowest BCUT2D eigenvalue weighted by Gasteiger charge is -2.14. The Morgan fingerprint density at radius 2 is 1.88 bits per heavy atom. The molecule has 2 aromatic rings. The van der Waals surface area contributed by atoms with Crippen LogP contribution in [-0.4, -0.2) is 25.4 Å². The van der Waals surface area contributed by atoms with Gasteiger partial charge in [0.05, 0.1) is 25.2 Å². The quantitative estimate of drug-likeness (QED) is 0.695. The third kappa shape index (κ3) is 4.64. The van der Waals surface area contributed by atoms with Gasteiger partial charge in [-0.1, -0.05) is 15.9 Å². The van der Waals surface area contributed by atoms with Gasteiger partial charge in [-0.15, -0.1) is 11.8 Å². The molecule has 0 saturated heterocycles. The lowest BCUT2D eigenvalue weighted by molar-refractivity contribution is -0.115. The molecule has 4 nitrogen and oxygen atoms in total. The Bertz CT molecular complexity index is 742. The fraction of sp³-hybridized carbons (Fsp3) is 0.235. The molecule has 24 heavy (non-hydrogen) atoms. The molecule has 0 unspecified atom stereocenters. The summed E-state index contributed by atoms with van der Waals surface area (Å²) in [6, 6.07) is 9.92. The van der Waals surface area contributed by atoms with E-state index in [1.807, 2.05) is 6.07 Å². The molecule has 0 aromatic heterocycles. The van der Waals surface area contributed by atoms with Gasteiger partial charge in [-0.25, -0.2) is 4.39 Å². The summed E-state index contributed by atoms with van der Waals surface area (Å²) < 4.78 is 24.9. The van der Waals surface area contributed by atoms with Crippen molar-refractivity contribution in [2.24, 2.45) is 0 Å². The summed E-state index contributed by atoms with van der Waals surface area (Å²) in [6.07, 6.45) is 0. The molecule has 0 aliphatic heterocycles. The summed E-state index contributed by atoms with van der Waals surface area (Å²) in [5.41, 5.74) is 0.156. The molecule has 0 aliphatic carbocycles. The van der Waals surface area contributed by atoms with Crippen molar-refractivity contribution in [2.45, 2.75) is 17.1 Å². The van der Waals surface area contributed by atoms with Crippen LogP contribution in [0.2, 0.25) is 0 Å². The van der Waals surface area contributed by atoms with Gasteiger partial charge in [-0.2, -0.15) is 0 Å². The summed E-state index contributed by atoms with van der Waals surface area (Å²) in [5, 5.41) is 2.19. The summed E-state index contributed by atoms with van der Waals surface area (Å²) in [7, 11) is 3.12. The van der Waals surface area contributed by atoms with Crippen molar-refractivity contribution in [1.29, 1.82) is 0 Å². The van der Waals surface area contributed by atoms with E-state index < -0.39 is 11.1 Å². The van der Waals surface area contributed by atoms with Gasteiger partial charge in [0, 0.05) is 9.37 Å². The molecule has 0 fully saturated rings. The van der Waals surface area contributed by atoms with Gasteiger partial charge in [0.1, 0.15) is 5.82 Å². The van der Waals surface area contributed by atoms with Crippen molar-refractivity contribution >= 4 is 39.3 Å². The van der Waals surface area contributed by atoms with Crippen molar-refractivity contribution in [1.82, 2.24) is 0 Å². The Labute approximate surface area is 152 Å². The average Bonchev–Trinajstić information content (AvgIpc) is 2.57. The topological polar surface area (TPSA) is 47.6 Å². The van der Waals surface area contributed by atoms with Crippen LogP contribution in [0.5, 0.6) is 11.5 Å². The molecule has 0 radical (unpaired) electrons. The lowest BCUT2D eigenvalue weighted by atomic mass is 10.3. The summed E-state index contributed by atoms with van der Waals surface area (Å²) >= 11 is 4.53. The zero-order valence-corrected chi connectivity index (χ0v) is 15.8. The largest absolute Gasteiger partial charge is 0.493 e. The summed E-state index contributed by atoms with van der Waals surface area (Å²) in [6.45, 7) is 1.76. The molecular weight excluding hydrogens is 397 g/mol. The molecule has 2 aromatic carbocycles. The van der Waals surface area contributed by atoms with Crippen LogP contribution in [0.3, 0.4) is 0 Å². The summed E-state index contributed by atoms with van der Waals surface area (Å²) in [4.78, 5) is 13.1. The Morgan fingerprint density at radius 1 is 1.17 bits per heavy atom. The highest BCUT2D eigenvalue weighted by Gasteiger charge is 2.17. The predicted molar refractivity (Wildman–Crippen MR) is 97.6 cm³/mol. The molecule has 1 N–H and O–H groups in total. The number of halogens is 2. The normalized spacial score (nSPS) is 11.7. The van der Waals surface area contributed by atoms with E-state index >= 15 is 0 Å². The first kappa shape index (κ1) is 18.6. The Morgan fingerprint density at radius 3 is 2.50 bits per heavy atom. The van der Waals surface area contributed by atoms with Gasteiger partial charge < -0.3 is 14.8 Å². The van der Waals surface area contributed by atoms with E-state index in [2.05, 4.69) is 21.2 Å². The second-order valence-electron chi connectivity index (χ2n) is 4.89. The first-order valence-electron chi connectivity index (χ1n) is 7.09. The van der Waals surface area contributed by atoms with E-state index in [4.69, 9.17) is 9.47 Å². The molecule has 0 spiro atoms. The number of nitrogens with one attached hydrogen (secondary N) is 1. The summed E-state index contributed by atoms with van der Waals surface area (Å²) in [5.74, 6) is 0.446. The molecule has 0 heterocycles. The molecule has 2 rings (SSSR count). The van der Waals surface area contributed by atoms with E-state index in [9.17, 15) is 9.18 Å². The number of methoxy groups -OCH3 is 2. The number of carbonyl (C=O) groups excluding carboxylic acids is 1. The molecule has 7 heteroatoms. The number of hydrogen-bond acceptors (Lipinski definition) is 4. The Kier molecular flexibility index (Phi) is 6.51. The highest BCUT2D eigenvalue weighted by atomic mass is 79.9. The first-order chi connectivity index (χ1) is 11.4. The fourth-order valence-electron chi connectivity index (χ4n) is 1.97. The number of benzene rings is 2. The van der Waals surface area contributed by atoms with Gasteiger partial charge >= 0.3 is 0 Å². The first-order valence-corrected chi connectivity index (χ1v) is 8.76. The SMILES string of the molecule is COc1ccc(S[C@@H](C)C(=O)Nc2ccc(Br)cc2F)cc1OC. The zero-order valence-electron chi connectivity index (χ0n) is 13.4. The molecule has 0 aliphatic rings. The minimum Gasteiger partial charge on any atom is -0.493 e. The van der Waals surface area contributed by atoms with Gasteiger partial charge in [0.25, 0.3) is 0 Å². The Hall–Kier alpha value is -1.73. The van der Waals surface area contributed by atoms with Crippen LogP contribution >= 0.6 is 27.7 Å². The van der Waals surface area contributed by atoms with Crippen LogP contribution in [0.25, 0.3) is 0 Å². The predicted octanol–water partition coefficient (Wildman–Crippen LogP) is 4.72. The standard InChI is InChI=1S/C17H17BrFNO3S/c1-10(17(21)20-14-6-4-11(18)8-13(14)19)24-12-5-7-15(22-2)16(9-12)23-3/h4-10H,1-3H3,(H,20,21)/t10-/m0/s1. The van der Waals surface area contributed by atoms with Crippen LogP contribution < -0.4 is 14.8 Å². The van der Waals surface area contributed by atoms with Crippen molar-refractivity contribution < 1.29 is 18.7 Å². The zero-order chi connectivity index (χ0) is 17.7. The smallest absolute Gasteiger partial charge is 0.237 e. The van der Waals surface area contributed by atoms with E-state index in [0.29, 0.717) is 16.0 Å². The number of thioether (sulfide) groups is 1. The molecule has 128 valence electrons. The maximum absolute atomic E-state index is 13.8. The third-order valence-electron chi connectivity index (χ3n) is 3.23. The highest BCUT2D eigenvalue weighted by Crippen LogP contribution is 2.33. The average molecular weight is 414 g/mol. The number of rotatable bonds is 6. The minimum absolute atomic E-state index is 0.156. The number of anilines is 1. The second kappa shape index (κ2) is 8.39. The van der Waals surface area contributed by atoms with Gasteiger partial charge in [-0.05, 0) is 43.3 Å². The van der Waals surface area contributed by atoms with Crippen LogP contribution in [0.15, 0.2) is 45.8 Å². The maximum atomic E-state index is 13.8. The van der Waals surface area contributed by atoms with E-state index in [1.165, 1.54) is 23.9 Å². The molecule has 0 bridgehead atoms. The van der Waals surface area contributed by atoms with Gasteiger partial charge in [0.15, 0.2) is 11.5 Å². The van der Waals surface area contributed by atoms with Crippen molar-refractivity contribution in [3.8, 4) is 11.5 Å². The lowest BCUT2D eigenvalue weighted by Crippen LogP contribution is -2.22. The van der Waals surface area contributed by atoms with E-state index in [1.54, 1.807) is 39.3 Å². The van der Waals surface area contributed by atoms with Crippen LogP contribution in [0, 0.1) is 5.82 Å². The van der Waals surface area contributed by atoms with Crippen molar-refractivity contribution in [3.63, 3.8) is 0 Å². The van der Waals surface area contributed by atoms with Crippen LogP contribution in [0.4, 0.5) is 10.1 Å². The highest BCUT2D eigenvalue weighted by molar-refractivity contribution is 9.10. The van der Waals surface area contributed by atoms with Gasteiger partial charge in [0.2, 0.25) is 5.91 Å². The van der Waals surface area contributed by atoms with E-state index in [-0.39, 0.29) is 11.6 Å². The van der Waals surface area contributed by atoms with E-state index in [0.717, 1.165) is 4.90 Å². The number of amides is 1. The molecule has 1 atom stereocenters. The molecular formula is C17H17BrFNO3S. The maximum Gasteiger partial charge on any atom is 0.237 e. The number of carbonyl (C=O) groups is 1. The number of hydrogen-bond donors (Lipinski definition) is 1. The van der Waals surface area contributed by atoms with Crippen LogP contribution in [-0.2, 0) is 4.79 Å². The minimum atomic E-state index is -0.485. The van der Waals surface area contributed by atoms with Crippen molar-refractivity contribution in [3.05, 3.63) is 46.7 Å². The molecule has 0 saturated carbocycles. The van der Waals surface area contributed by atoms with Crippen molar-refractivity contribution in [2.75, 3.05) is 19.5 Å². The Balaban J connectivity index is 2.06. The fourth-order valence-corrected chi connectivity index (χ4v) is 3.20. The third-order valence-corrected chi connectivity index (χ3v) is 4.81. The monoisotopic (exact) mass is 413 g/mol. The van der Waals surface area contributed by atoms with Crippen LogP contribution in [0.1, 0.15) is 6.92 Å².